The topological polar surface area (TPSA) is 54.5 Å². The zero-order chi connectivity index (χ0) is 16.9. The molecule has 1 heterocycles. The maximum atomic E-state index is 9.09. The van der Waals surface area contributed by atoms with Crippen molar-refractivity contribution in [2.45, 2.75) is 23.9 Å². The summed E-state index contributed by atoms with van der Waals surface area (Å²) in [6.07, 6.45) is 0. The van der Waals surface area contributed by atoms with E-state index in [4.69, 9.17) is 16.9 Å². The second-order valence-electron chi connectivity index (χ2n) is 5.27. The van der Waals surface area contributed by atoms with Crippen LogP contribution in [0.15, 0.2) is 59.8 Å². The van der Waals surface area contributed by atoms with Crippen LogP contribution in [-0.4, -0.2) is 20.0 Å². The molecule has 6 heteroatoms. The maximum Gasteiger partial charge on any atom is 0.193 e. The van der Waals surface area contributed by atoms with E-state index in [0.717, 1.165) is 22.1 Å². The maximum absolute atomic E-state index is 9.09. The summed E-state index contributed by atoms with van der Waals surface area (Å²) in [4.78, 5) is 0. The summed E-state index contributed by atoms with van der Waals surface area (Å²) in [5.41, 5.74) is 2.10. The van der Waals surface area contributed by atoms with Crippen LogP contribution in [0.1, 0.15) is 12.5 Å². The van der Waals surface area contributed by atoms with E-state index >= 15 is 0 Å². The molecule has 0 spiro atoms. The lowest BCUT2D eigenvalue weighted by molar-refractivity contribution is 0.714. The van der Waals surface area contributed by atoms with Crippen LogP contribution in [0.5, 0.6) is 0 Å². The lowest BCUT2D eigenvalue weighted by Crippen LogP contribution is -2.05. The highest BCUT2D eigenvalue weighted by Crippen LogP contribution is 2.28. The van der Waals surface area contributed by atoms with Gasteiger partial charge in [-0.25, -0.2) is 0 Å². The fourth-order valence-electron chi connectivity index (χ4n) is 2.28. The second kappa shape index (κ2) is 7.52. The highest BCUT2D eigenvalue weighted by atomic mass is 35.5. The monoisotopic (exact) mass is 354 g/mol. The zero-order valence-electron chi connectivity index (χ0n) is 13.1. The van der Waals surface area contributed by atoms with Crippen molar-refractivity contribution in [3.05, 3.63) is 65.2 Å². The third-order valence-electron chi connectivity index (χ3n) is 3.47. The summed E-state index contributed by atoms with van der Waals surface area (Å²) < 4.78 is 2.04. The first-order valence-electron chi connectivity index (χ1n) is 7.46. The van der Waals surface area contributed by atoms with Crippen LogP contribution < -0.4 is 0 Å². The molecule has 0 fully saturated rings. The van der Waals surface area contributed by atoms with Crippen molar-refractivity contribution < 1.29 is 0 Å². The molecule has 0 N–H and O–H groups in total. The largest absolute Gasteiger partial charge is 0.298 e. The molecule has 0 aliphatic rings. The number of nitriles is 1. The quantitative estimate of drug-likeness (QED) is 0.626. The molecule has 0 aliphatic carbocycles. The number of hydrogen-bond donors (Lipinski definition) is 0. The summed E-state index contributed by atoms with van der Waals surface area (Å²) in [6, 6.07) is 19.9. The Balaban J connectivity index is 2.02. The van der Waals surface area contributed by atoms with Gasteiger partial charge in [-0.05, 0) is 36.8 Å². The Morgan fingerprint density at radius 3 is 2.50 bits per heavy atom. The molecule has 24 heavy (non-hydrogen) atoms. The van der Waals surface area contributed by atoms with Crippen LogP contribution in [-0.2, 0) is 6.54 Å². The minimum Gasteiger partial charge on any atom is -0.298 e. The normalized spacial score (nSPS) is 11.9. The molecule has 1 atom stereocenters. The predicted octanol–water partition coefficient (Wildman–Crippen LogP) is 4.65. The van der Waals surface area contributed by atoms with Gasteiger partial charge in [0.15, 0.2) is 11.0 Å². The van der Waals surface area contributed by atoms with Crippen molar-refractivity contribution in [1.29, 1.82) is 5.26 Å². The molecule has 1 aromatic heterocycles. The van der Waals surface area contributed by atoms with E-state index in [1.807, 2.05) is 54.0 Å². The summed E-state index contributed by atoms with van der Waals surface area (Å²) >= 11 is 7.39. The molecule has 3 rings (SSSR count). The summed E-state index contributed by atoms with van der Waals surface area (Å²) in [5.74, 6) is 0.767. The first-order valence-corrected chi connectivity index (χ1v) is 8.72. The van der Waals surface area contributed by atoms with E-state index < -0.39 is 0 Å². The number of aromatic nitrogens is 3. The lowest BCUT2D eigenvalue weighted by atomic mass is 10.2. The van der Waals surface area contributed by atoms with E-state index in [9.17, 15) is 0 Å². The SMILES string of the molecule is C[C@H](C#N)Sc1nnc(-c2ccc(Cl)cc2)n1Cc1ccccc1. The van der Waals surface area contributed by atoms with Crippen LogP contribution in [0, 0.1) is 11.3 Å². The summed E-state index contributed by atoms with van der Waals surface area (Å²) in [6.45, 7) is 2.50. The lowest BCUT2D eigenvalue weighted by Gasteiger charge is -2.11. The van der Waals surface area contributed by atoms with Crippen LogP contribution >= 0.6 is 23.4 Å². The van der Waals surface area contributed by atoms with Crippen LogP contribution in [0.25, 0.3) is 11.4 Å². The Kier molecular flexibility index (Phi) is 5.19. The molecule has 3 aromatic rings. The fraction of sp³-hybridized carbons (Fsp3) is 0.167. The third-order valence-corrected chi connectivity index (χ3v) is 4.69. The first kappa shape index (κ1) is 16.6. The van der Waals surface area contributed by atoms with E-state index in [1.54, 1.807) is 0 Å². The molecular formula is C18H15ClN4S. The van der Waals surface area contributed by atoms with E-state index in [2.05, 4.69) is 28.4 Å². The highest BCUT2D eigenvalue weighted by Gasteiger charge is 2.17. The molecule has 0 aliphatic heterocycles. The molecule has 0 saturated carbocycles. The standard InChI is InChI=1S/C18H15ClN4S/c1-13(11-20)24-18-22-21-17(15-7-9-16(19)10-8-15)23(18)12-14-5-3-2-4-6-14/h2-10,13H,12H2,1H3/t13-/m1/s1. The van der Waals surface area contributed by atoms with Crippen molar-refractivity contribution >= 4 is 23.4 Å². The number of halogens is 1. The van der Waals surface area contributed by atoms with Crippen LogP contribution in [0.2, 0.25) is 5.02 Å². The average Bonchev–Trinajstić information content (AvgIpc) is 2.99. The molecule has 2 aromatic carbocycles. The predicted molar refractivity (Wildman–Crippen MR) is 96.9 cm³/mol. The van der Waals surface area contributed by atoms with Crippen molar-refractivity contribution in [2.75, 3.05) is 0 Å². The molecule has 0 bridgehead atoms. The number of rotatable bonds is 5. The summed E-state index contributed by atoms with van der Waals surface area (Å²) in [5, 5.41) is 18.9. The minimum atomic E-state index is -0.193. The molecule has 0 amide bonds. The number of benzene rings is 2. The van der Waals surface area contributed by atoms with Crippen molar-refractivity contribution in [3.63, 3.8) is 0 Å². The molecule has 0 radical (unpaired) electrons. The smallest absolute Gasteiger partial charge is 0.193 e. The Bertz CT molecular complexity index is 853. The van der Waals surface area contributed by atoms with Crippen molar-refractivity contribution in [2.24, 2.45) is 0 Å². The van der Waals surface area contributed by atoms with Gasteiger partial charge < -0.3 is 0 Å². The Labute approximate surface area is 150 Å². The van der Waals surface area contributed by atoms with Crippen molar-refractivity contribution in [1.82, 2.24) is 14.8 Å². The van der Waals surface area contributed by atoms with Gasteiger partial charge in [-0.2, -0.15) is 5.26 Å². The fourth-order valence-corrected chi connectivity index (χ4v) is 3.14. The van der Waals surface area contributed by atoms with Gasteiger partial charge >= 0.3 is 0 Å². The third kappa shape index (κ3) is 3.78. The van der Waals surface area contributed by atoms with Gasteiger partial charge in [0.25, 0.3) is 0 Å². The van der Waals surface area contributed by atoms with Gasteiger partial charge in [0, 0.05) is 10.6 Å². The molecule has 120 valence electrons. The molecule has 4 nitrogen and oxygen atoms in total. The molecule has 0 saturated heterocycles. The second-order valence-corrected chi connectivity index (χ2v) is 7.02. The van der Waals surface area contributed by atoms with Gasteiger partial charge in [-0.15, -0.1) is 10.2 Å². The van der Waals surface area contributed by atoms with Crippen molar-refractivity contribution in [3.8, 4) is 17.5 Å². The van der Waals surface area contributed by atoms with E-state index in [-0.39, 0.29) is 5.25 Å². The molecule has 0 unspecified atom stereocenters. The average molecular weight is 355 g/mol. The van der Waals surface area contributed by atoms with Gasteiger partial charge in [-0.3, -0.25) is 4.57 Å². The Morgan fingerprint density at radius 1 is 1.12 bits per heavy atom. The van der Waals surface area contributed by atoms with E-state index in [0.29, 0.717) is 11.6 Å². The Morgan fingerprint density at radius 2 is 1.83 bits per heavy atom. The number of thioether (sulfide) groups is 1. The van der Waals surface area contributed by atoms with E-state index in [1.165, 1.54) is 11.8 Å². The Hall–Kier alpha value is -2.29. The zero-order valence-corrected chi connectivity index (χ0v) is 14.6. The molecular weight excluding hydrogens is 340 g/mol. The number of hydrogen-bond acceptors (Lipinski definition) is 4. The first-order chi connectivity index (χ1) is 11.7. The highest BCUT2D eigenvalue weighted by molar-refractivity contribution is 8.00. The number of nitrogens with zero attached hydrogens (tertiary/aromatic N) is 4. The van der Waals surface area contributed by atoms with Gasteiger partial charge in [-0.1, -0.05) is 53.7 Å². The van der Waals surface area contributed by atoms with Crippen LogP contribution in [0.4, 0.5) is 0 Å². The van der Waals surface area contributed by atoms with Gasteiger partial charge in [0.1, 0.15) is 0 Å². The summed E-state index contributed by atoms with van der Waals surface area (Å²) in [7, 11) is 0. The van der Waals surface area contributed by atoms with Gasteiger partial charge in [0.2, 0.25) is 0 Å². The van der Waals surface area contributed by atoms with Gasteiger partial charge in [0.05, 0.1) is 17.9 Å². The minimum absolute atomic E-state index is 0.193. The van der Waals surface area contributed by atoms with Crippen LogP contribution in [0.3, 0.4) is 0 Å².